The van der Waals surface area contributed by atoms with Crippen LogP contribution in [0.1, 0.15) is 34.4 Å². The minimum atomic E-state index is 0.334. The number of thiophene rings is 1. The van der Waals surface area contributed by atoms with Gasteiger partial charge in [-0.25, -0.2) is 4.98 Å². The lowest BCUT2D eigenvalue weighted by atomic mass is 10.2. The van der Waals surface area contributed by atoms with Crippen LogP contribution in [0.4, 0.5) is 5.82 Å². The summed E-state index contributed by atoms with van der Waals surface area (Å²) in [6, 6.07) is 6.64. The Bertz CT molecular complexity index is 923. The van der Waals surface area contributed by atoms with Crippen LogP contribution >= 0.6 is 11.3 Å². The third kappa shape index (κ3) is 3.44. The zero-order valence-electron chi connectivity index (χ0n) is 15.5. The van der Waals surface area contributed by atoms with Gasteiger partial charge in [0.2, 0.25) is 0 Å². The smallest absolute Gasteiger partial charge is 0.254 e. The first kappa shape index (κ1) is 17.1. The number of hydrogen-bond acceptors (Lipinski definition) is 7. The molecule has 0 bridgehead atoms. The molecule has 0 aliphatic carbocycles. The standard InChI is InChI=1S/C19H24N6OS/c1-14-11-18(25-19(22-14)20-13-21-25)24-8-6-23(7-9-24)12-15-4-5-17(27-15)16-3-2-10-26-16/h4-5,11,13,16H,2-3,6-10,12H2,1H3. The lowest BCUT2D eigenvalue weighted by Crippen LogP contribution is -2.46. The van der Waals surface area contributed by atoms with Gasteiger partial charge in [0.05, 0.1) is 6.10 Å². The fraction of sp³-hybridized carbons (Fsp3) is 0.526. The molecule has 3 aromatic heterocycles. The number of hydrogen-bond donors (Lipinski definition) is 0. The molecule has 7 nitrogen and oxygen atoms in total. The molecule has 0 aromatic carbocycles. The van der Waals surface area contributed by atoms with Crippen molar-refractivity contribution in [3.8, 4) is 0 Å². The number of aryl methyl sites for hydroxylation is 1. The van der Waals surface area contributed by atoms with Crippen molar-refractivity contribution in [3.05, 3.63) is 40.0 Å². The minimum absolute atomic E-state index is 0.334. The molecule has 142 valence electrons. The Kier molecular flexibility index (Phi) is 4.55. The SMILES string of the molecule is Cc1cc(N2CCN(Cc3ccc(C4CCCO4)s3)CC2)n2ncnc2n1. The van der Waals surface area contributed by atoms with Crippen LogP contribution < -0.4 is 4.90 Å². The quantitative estimate of drug-likeness (QED) is 0.689. The fourth-order valence-corrected chi connectivity index (χ4v) is 5.09. The summed E-state index contributed by atoms with van der Waals surface area (Å²) in [5.74, 6) is 1.76. The molecule has 0 spiro atoms. The van der Waals surface area contributed by atoms with Gasteiger partial charge < -0.3 is 9.64 Å². The van der Waals surface area contributed by atoms with E-state index in [-0.39, 0.29) is 0 Å². The predicted octanol–water partition coefficient (Wildman–Crippen LogP) is 2.67. The normalized spacial score (nSPS) is 21.4. The van der Waals surface area contributed by atoms with E-state index in [2.05, 4.69) is 43.1 Å². The molecular weight excluding hydrogens is 360 g/mol. The van der Waals surface area contributed by atoms with E-state index in [0.717, 1.165) is 50.8 Å². The highest BCUT2D eigenvalue weighted by Crippen LogP contribution is 2.33. The minimum Gasteiger partial charge on any atom is -0.373 e. The number of aromatic nitrogens is 4. The summed E-state index contributed by atoms with van der Waals surface area (Å²) in [4.78, 5) is 16.4. The molecule has 0 radical (unpaired) electrons. The highest BCUT2D eigenvalue weighted by Gasteiger charge is 2.22. The first-order chi connectivity index (χ1) is 13.3. The van der Waals surface area contributed by atoms with Gasteiger partial charge in [-0.2, -0.15) is 14.6 Å². The second-order valence-electron chi connectivity index (χ2n) is 7.30. The van der Waals surface area contributed by atoms with Crippen LogP contribution in [-0.4, -0.2) is 57.3 Å². The molecule has 0 N–H and O–H groups in total. The first-order valence-electron chi connectivity index (χ1n) is 9.61. The average Bonchev–Trinajstić information content (AvgIpc) is 3.43. The predicted molar refractivity (Wildman–Crippen MR) is 105 cm³/mol. The Morgan fingerprint density at radius 3 is 2.93 bits per heavy atom. The molecule has 1 unspecified atom stereocenters. The van der Waals surface area contributed by atoms with E-state index in [1.165, 1.54) is 22.6 Å². The van der Waals surface area contributed by atoms with Gasteiger partial charge in [-0.15, -0.1) is 11.3 Å². The van der Waals surface area contributed by atoms with E-state index in [1.54, 1.807) is 6.33 Å². The van der Waals surface area contributed by atoms with E-state index >= 15 is 0 Å². The number of piperazine rings is 1. The summed E-state index contributed by atoms with van der Waals surface area (Å²) in [6.07, 6.45) is 4.26. The zero-order valence-corrected chi connectivity index (χ0v) is 16.4. The van der Waals surface area contributed by atoms with Gasteiger partial charge in [0.25, 0.3) is 5.78 Å². The van der Waals surface area contributed by atoms with E-state index in [1.807, 2.05) is 22.8 Å². The summed E-state index contributed by atoms with van der Waals surface area (Å²) in [5, 5.41) is 4.34. The van der Waals surface area contributed by atoms with Gasteiger partial charge in [-0.1, -0.05) is 0 Å². The Morgan fingerprint density at radius 2 is 2.11 bits per heavy atom. The van der Waals surface area contributed by atoms with Crippen LogP contribution in [0.15, 0.2) is 24.5 Å². The first-order valence-corrected chi connectivity index (χ1v) is 10.4. The summed E-state index contributed by atoms with van der Waals surface area (Å²) < 4.78 is 7.66. The maximum absolute atomic E-state index is 5.82. The molecule has 1 atom stereocenters. The van der Waals surface area contributed by atoms with Crippen LogP contribution in [0.25, 0.3) is 5.78 Å². The summed E-state index contributed by atoms with van der Waals surface area (Å²) in [7, 11) is 0. The van der Waals surface area contributed by atoms with Crippen LogP contribution in [0.5, 0.6) is 0 Å². The molecule has 0 amide bonds. The molecule has 5 rings (SSSR count). The molecule has 2 fully saturated rings. The Morgan fingerprint density at radius 1 is 1.22 bits per heavy atom. The van der Waals surface area contributed by atoms with Gasteiger partial charge >= 0.3 is 0 Å². The van der Waals surface area contributed by atoms with Gasteiger partial charge in [-0.05, 0) is 31.9 Å². The lowest BCUT2D eigenvalue weighted by Gasteiger charge is -2.35. The largest absolute Gasteiger partial charge is 0.373 e. The third-order valence-electron chi connectivity index (χ3n) is 5.37. The van der Waals surface area contributed by atoms with Crippen molar-refractivity contribution in [1.29, 1.82) is 0 Å². The van der Waals surface area contributed by atoms with Gasteiger partial charge in [0.1, 0.15) is 12.1 Å². The van der Waals surface area contributed by atoms with Gasteiger partial charge in [0.15, 0.2) is 0 Å². The van der Waals surface area contributed by atoms with Crippen LogP contribution in [-0.2, 0) is 11.3 Å². The average molecular weight is 385 g/mol. The molecule has 8 heteroatoms. The fourth-order valence-electron chi connectivity index (χ4n) is 3.95. The number of ether oxygens (including phenoxy) is 1. The molecule has 2 aliphatic rings. The van der Waals surface area contributed by atoms with Gasteiger partial charge in [0, 0.05) is 60.8 Å². The molecule has 2 aliphatic heterocycles. The number of nitrogens with zero attached hydrogens (tertiary/aromatic N) is 6. The Hall–Kier alpha value is -2.03. The van der Waals surface area contributed by atoms with Crippen molar-refractivity contribution in [1.82, 2.24) is 24.5 Å². The highest BCUT2D eigenvalue weighted by atomic mass is 32.1. The van der Waals surface area contributed by atoms with Crippen molar-refractivity contribution in [3.63, 3.8) is 0 Å². The second-order valence-corrected chi connectivity index (χ2v) is 8.50. The third-order valence-corrected chi connectivity index (χ3v) is 6.53. The van der Waals surface area contributed by atoms with Crippen molar-refractivity contribution >= 4 is 22.9 Å². The van der Waals surface area contributed by atoms with E-state index in [4.69, 9.17) is 4.74 Å². The van der Waals surface area contributed by atoms with Gasteiger partial charge in [-0.3, -0.25) is 4.90 Å². The summed E-state index contributed by atoms with van der Waals surface area (Å²) in [5.41, 5.74) is 0.980. The highest BCUT2D eigenvalue weighted by molar-refractivity contribution is 7.12. The molecule has 0 saturated carbocycles. The number of anilines is 1. The maximum Gasteiger partial charge on any atom is 0.254 e. The Balaban J connectivity index is 1.23. The topological polar surface area (TPSA) is 58.8 Å². The van der Waals surface area contributed by atoms with Crippen LogP contribution in [0.3, 0.4) is 0 Å². The lowest BCUT2D eigenvalue weighted by molar-refractivity contribution is 0.114. The van der Waals surface area contributed by atoms with Crippen molar-refractivity contribution in [2.45, 2.75) is 32.4 Å². The zero-order chi connectivity index (χ0) is 18.2. The van der Waals surface area contributed by atoms with Crippen LogP contribution in [0, 0.1) is 6.92 Å². The van der Waals surface area contributed by atoms with Crippen molar-refractivity contribution in [2.24, 2.45) is 0 Å². The molecular formula is C19H24N6OS. The summed E-state index contributed by atoms with van der Waals surface area (Å²) >= 11 is 1.92. The van der Waals surface area contributed by atoms with E-state index in [9.17, 15) is 0 Å². The number of fused-ring (bicyclic) bond motifs is 1. The molecule has 27 heavy (non-hydrogen) atoms. The molecule has 5 heterocycles. The summed E-state index contributed by atoms with van der Waals surface area (Å²) in [6.45, 7) is 8.02. The van der Waals surface area contributed by atoms with Crippen molar-refractivity contribution < 1.29 is 4.74 Å². The van der Waals surface area contributed by atoms with E-state index in [0.29, 0.717) is 11.9 Å². The van der Waals surface area contributed by atoms with Crippen molar-refractivity contribution in [2.75, 3.05) is 37.7 Å². The number of rotatable bonds is 4. The Labute approximate surface area is 162 Å². The van der Waals surface area contributed by atoms with Crippen LogP contribution in [0.2, 0.25) is 0 Å². The maximum atomic E-state index is 5.82. The molecule has 2 saturated heterocycles. The monoisotopic (exact) mass is 384 g/mol. The van der Waals surface area contributed by atoms with E-state index < -0.39 is 0 Å². The molecule has 3 aromatic rings. The second kappa shape index (κ2) is 7.18.